The first-order valence-corrected chi connectivity index (χ1v) is 4.28. The molecule has 0 unspecified atom stereocenters. The van der Waals surface area contributed by atoms with Gasteiger partial charge in [0.1, 0.15) is 5.78 Å². The van der Waals surface area contributed by atoms with E-state index in [1.807, 2.05) is 0 Å². The molecule has 56 valence electrons. The van der Waals surface area contributed by atoms with Crippen molar-refractivity contribution in [2.24, 2.45) is 0 Å². The molecule has 0 saturated carbocycles. The number of hydrogen-bond acceptors (Lipinski definition) is 2. The van der Waals surface area contributed by atoms with Crippen LogP contribution in [-0.4, -0.2) is 17.3 Å². The number of thioether (sulfide) groups is 1. The van der Waals surface area contributed by atoms with Crippen molar-refractivity contribution in [3.8, 4) is 0 Å². The lowest BCUT2D eigenvalue weighted by Crippen LogP contribution is -1.98. The summed E-state index contributed by atoms with van der Waals surface area (Å²) in [5.74, 6) is 1.67. The minimum absolute atomic E-state index is 0.238. The third-order valence-corrected chi connectivity index (χ3v) is 1.87. The van der Waals surface area contributed by atoms with E-state index in [1.54, 1.807) is 23.9 Å². The topological polar surface area (TPSA) is 17.1 Å². The molecule has 1 nitrogen and oxygen atoms in total. The zero-order valence-corrected chi connectivity index (χ0v) is 6.82. The van der Waals surface area contributed by atoms with Crippen molar-refractivity contribution in [1.82, 2.24) is 0 Å². The van der Waals surface area contributed by atoms with Crippen LogP contribution in [-0.2, 0) is 4.79 Å². The van der Waals surface area contributed by atoms with Gasteiger partial charge in [-0.25, -0.2) is 0 Å². The monoisotopic (exact) mass is 156 g/mol. The fraction of sp³-hybridized carbons (Fsp3) is 0.375. The Morgan fingerprint density at radius 2 is 2.10 bits per heavy atom. The summed E-state index contributed by atoms with van der Waals surface area (Å²) >= 11 is 1.59. The van der Waals surface area contributed by atoms with Crippen molar-refractivity contribution in [2.45, 2.75) is 6.42 Å². The lowest BCUT2D eigenvalue weighted by atomic mass is 10.3. The average molecular weight is 156 g/mol. The van der Waals surface area contributed by atoms with Crippen LogP contribution in [0.25, 0.3) is 0 Å². The molecular weight excluding hydrogens is 144 g/mol. The van der Waals surface area contributed by atoms with Crippen molar-refractivity contribution in [1.29, 1.82) is 0 Å². The first-order chi connectivity index (χ1) is 4.81. The third-order valence-electron chi connectivity index (χ3n) is 0.871. The predicted molar refractivity (Wildman–Crippen MR) is 47.3 cm³/mol. The second-order valence-electron chi connectivity index (χ2n) is 1.84. The molecule has 0 aliphatic rings. The normalized spacial score (nSPS) is 8.80. The van der Waals surface area contributed by atoms with Crippen LogP contribution in [0.2, 0.25) is 0 Å². The number of carbonyl (C=O) groups is 1. The van der Waals surface area contributed by atoms with Crippen LogP contribution in [0.3, 0.4) is 0 Å². The molecule has 0 aliphatic heterocycles. The first kappa shape index (κ1) is 9.50. The van der Waals surface area contributed by atoms with E-state index in [1.165, 1.54) is 0 Å². The molecule has 0 aromatic rings. The fourth-order valence-electron chi connectivity index (χ4n) is 0.476. The molecule has 10 heavy (non-hydrogen) atoms. The Bertz CT molecular complexity index is 129. The average Bonchev–Trinajstić information content (AvgIpc) is 1.89. The van der Waals surface area contributed by atoms with Gasteiger partial charge in [0.25, 0.3) is 0 Å². The zero-order valence-electron chi connectivity index (χ0n) is 6.01. The lowest BCUT2D eigenvalue weighted by Gasteiger charge is -1.93. The molecule has 0 heterocycles. The molecule has 0 saturated heterocycles. The van der Waals surface area contributed by atoms with E-state index >= 15 is 0 Å². The van der Waals surface area contributed by atoms with Crippen LogP contribution in [0, 0.1) is 0 Å². The Kier molecular flexibility index (Phi) is 6.29. The Morgan fingerprint density at radius 1 is 1.40 bits per heavy atom. The number of rotatable bonds is 6. The van der Waals surface area contributed by atoms with E-state index in [-0.39, 0.29) is 5.78 Å². The molecule has 0 atom stereocenters. The fourth-order valence-corrected chi connectivity index (χ4v) is 1.11. The lowest BCUT2D eigenvalue weighted by molar-refractivity contribution is -0.115. The molecule has 0 rings (SSSR count). The smallest absolute Gasteiger partial charge is 0.146 e. The summed E-state index contributed by atoms with van der Waals surface area (Å²) in [5, 5.41) is 0. The van der Waals surface area contributed by atoms with Crippen LogP contribution in [0.15, 0.2) is 25.3 Å². The van der Waals surface area contributed by atoms with Gasteiger partial charge in [0.2, 0.25) is 0 Å². The van der Waals surface area contributed by atoms with Gasteiger partial charge in [-0.15, -0.1) is 24.9 Å². The Labute approximate surface area is 66.2 Å². The summed E-state index contributed by atoms with van der Waals surface area (Å²) in [6.45, 7) is 7.03. The van der Waals surface area contributed by atoms with Gasteiger partial charge in [0.15, 0.2) is 0 Å². The highest BCUT2D eigenvalue weighted by Gasteiger charge is 1.96. The molecule has 0 amide bonds. The highest BCUT2D eigenvalue weighted by molar-refractivity contribution is 8.00. The summed E-state index contributed by atoms with van der Waals surface area (Å²) in [4.78, 5) is 10.8. The highest BCUT2D eigenvalue weighted by atomic mass is 32.2. The largest absolute Gasteiger partial charge is 0.298 e. The second kappa shape index (κ2) is 6.62. The van der Waals surface area contributed by atoms with Gasteiger partial charge in [-0.3, -0.25) is 4.79 Å². The maximum Gasteiger partial charge on any atom is 0.146 e. The minimum Gasteiger partial charge on any atom is -0.298 e. The zero-order chi connectivity index (χ0) is 7.82. The number of hydrogen-bond donors (Lipinski definition) is 0. The Morgan fingerprint density at radius 3 is 2.60 bits per heavy atom. The predicted octanol–water partition coefficient (Wildman–Crippen LogP) is 2.05. The van der Waals surface area contributed by atoms with Gasteiger partial charge in [0.05, 0.1) is 5.75 Å². The van der Waals surface area contributed by atoms with Gasteiger partial charge >= 0.3 is 0 Å². The van der Waals surface area contributed by atoms with Gasteiger partial charge < -0.3 is 0 Å². The second-order valence-corrected chi connectivity index (χ2v) is 2.87. The van der Waals surface area contributed by atoms with E-state index in [0.717, 1.165) is 5.75 Å². The Hall–Kier alpha value is -0.500. The van der Waals surface area contributed by atoms with E-state index in [0.29, 0.717) is 12.2 Å². The number of Topliss-reactive ketones (excluding diaryl/α,β-unsaturated/α-hetero) is 1. The number of carbonyl (C=O) groups excluding carboxylic acids is 1. The van der Waals surface area contributed by atoms with Crippen LogP contribution in [0.5, 0.6) is 0 Å². The van der Waals surface area contributed by atoms with Crippen molar-refractivity contribution in [3.63, 3.8) is 0 Å². The van der Waals surface area contributed by atoms with Crippen molar-refractivity contribution >= 4 is 17.5 Å². The van der Waals surface area contributed by atoms with Crippen LogP contribution in [0.4, 0.5) is 0 Å². The summed E-state index contributed by atoms with van der Waals surface area (Å²) in [7, 11) is 0. The molecule has 0 radical (unpaired) electrons. The Balaban J connectivity index is 3.20. The summed E-state index contributed by atoms with van der Waals surface area (Å²) in [6, 6.07) is 0. The van der Waals surface area contributed by atoms with Crippen molar-refractivity contribution in [3.05, 3.63) is 25.3 Å². The molecule has 0 bridgehead atoms. The van der Waals surface area contributed by atoms with Crippen molar-refractivity contribution in [2.75, 3.05) is 11.5 Å². The maximum absolute atomic E-state index is 10.8. The van der Waals surface area contributed by atoms with E-state index in [2.05, 4.69) is 13.2 Å². The number of allylic oxidation sites excluding steroid dienone is 1. The van der Waals surface area contributed by atoms with Gasteiger partial charge in [-0.05, 0) is 0 Å². The van der Waals surface area contributed by atoms with Crippen LogP contribution >= 0.6 is 11.8 Å². The van der Waals surface area contributed by atoms with Crippen LogP contribution in [0.1, 0.15) is 6.42 Å². The van der Waals surface area contributed by atoms with E-state index < -0.39 is 0 Å². The maximum atomic E-state index is 10.8. The molecule has 0 N–H and O–H groups in total. The van der Waals surface area contributed by atoms with Crippen LogP contribution < -0.4 is 0 Å². The molecule has 2 heteroatoms. The van der Waals surface area contributed by atoms with Gasteiger partial charge in [0, 0.05) is 12.2 Å². The molecule has 0 spiro atoms. The highest BCUT2D eigenvalue weighted by Crippen LogP contribution is 2.01. The molecular formula is C8H12OS. The SMILES string of the molecule is C=CCSCC(=O)CC=C. The molecule has 0 aliphatic carbocycles. The number of ketones is 1. The minimum atomic E-state index is 0.238. The standard InChI is InChI=1S/C8H12OS/c1-3-5-8(9)7-10-6-4-2/h3-4H,1-2,5-7H2. The van der Waals surface area contributed by atoms with Crippen molar-refractivity contribution < 1.29 is 4.79 Å². The third kappa shape index (κ3) is 5.63. The summed E-state index contributed by atoms with van der Waals surface area (Å²) in [6.07, 6.45) is 3.92. The molecule has 0 aromatic carbocycles. The van der Waals surface area contributed by atoms with Gasteiger partial charge in [-0.1, -0.05) is 12.2 Å². The van der Waals surface area contributed by atoms with E-state index in [4.69, 9.17) is 0 Å². The first-order valence-electron chi connectivity index (χ1n) is 3.12. The van der Waals surface area contributed by atoms with Gasteiger partial charge in [-0.2, -0.15) is 0 Å². The molecule has 0 fully saturated rings. The van der Waals surface area contributed by atoms with E-state index in [9.17, 15) is 4.79 Å². The summed E-state index contributed by atoms with van der Waals surface area (Å²) < 4.78 is 0. The summed E-state index contributed by atoms with van der Waals surface area (Å²) in [5.41, 5.74) is 0. The quantitative estimate of drug-likeness (QED) is 0.432. The molecule has 0 aromatic heterocycles.